The van der Waals surface area contributed by atoms with Crippen LogP contribution in [-0.4, -0.2) is 37.5 Å². The third-order valence-electron chi connectivity index (χ3n) is 1.33. The Bertz CT molecular complexity index is 195. The van der Waals surface area contributed by atoms with Gasteiger partial charge in [0.05, 0.1) is 14.1 Å². The molecule has 0 saturated carbocycles. The molecule has 0 unspecified atom stereocenters. The number of likely N-dealkylation sites (N-methyl/N-ethyl adjacent to an activating group) is 1. The van der Waals surface area contributed by atoms with E-state index in [1.165, 1.54) is 0 Å². The van der Waals surface area contributed by atoms with Crippen LogP contribution in [0.4, 0.5) is 0 Å². The zero-order chi connectivity index (χ0) is 8.91. The second kappa shape index (κ2) is 4.15. The predicted octanol–water partition coefficient (Wildman–Crippen LogP) is 0.675. The highest BCUT2D eigenvalue weighted by Gasteiger charge is 2.14. The van der Waals surface area contributed by atoms with E-state index in [2.05, 4.69) is 11.8 Å². The molecule has 0 bridgehead atoms. The van der Waals surface area contributed by atoms with Gasteiger partial charge in [0, 0.05) is 6.92 Å². The Labute approximate surface area is 68.8 Å². The van der Waals surface area contributed by atoms with Crippen LogP contribution in [-0.2, 0) is 4.79 Å². The number of hydrogen-bond acceptors (Lipinski definition) is 1. The quantitative estimate of drug-likeness (QED) is 0.431. The van der Waals surface area contributed by atoms with Crippen molar-refractivity contribution in [1.82, 2.24) is 0 Å². The Morgan fingerprint density at radius 3 is 2.36 bits per heavy atom. The zero-order valence-electron chi connectivity index (χ0n) is 7.77. The van der Waals surface area contributed by atoms with Gasteiger partial charge in [-0.15, -0.1) is 5.92 Å². The average molecular weight is 154 g/mol. The van der Waals surface area contributed by atoms with E-state index in [1.54, 1.807) is 6.92 Å². The highest BCUT2D eigenvalue weighted by Crippen LogP contribution is 1.94. The minimum atomic E-state index is 0.216. The molecule has 0 heterocycles. The lowest BCUT2D eigenvalue weighted by Crippen LogP contribution is -2.43. The maximum atomic E-state index is 10.8. The van der Waals surface area contributed by atoms with E-state index in [4.69, 9.17) is 0 Å². The van der Waals surface area contributed by atoms with E-state index in [-0.39, 0.29) is 5.78 Å². The van der Waals surface area contributed by atoms with Crippen LogP contribution in [0.15, 0.2) is 0 Å². The molecule has 0 N–H and O–H groups in total. The van der Waals surface area contributed by atoms with Crippen LogP contribution in [0, 0.1) is 11.8 Å². The van der Waals surface area contributed by atoms with E-state index in [9.17, 15) is 4.79 Å². The third kappa shape index (κ3) is 5.63. The molecule has 0 radical (unpaired) electrons. The van der Waals surface area contributed by atoms with Crippen molar-refractivity contribution in [3.8, 4) is 11.8 Å². The van der Waals surface area contributed by atoms with E-state index in [0.717, 1.165) is 6.54 Å². The van der Waals surface area contributed by atoms with Crippen molar-refractivity contribution in [2.24, 2.45) is 0 Å². The second-order valence-electron chi connectivity index (χ2n) is 3.38. The first-order chi connectivity index (χ1) is 4.98. The normalized spacial score (nSPS) is 10.2. The van der Waals surface area contributed by atoms with Gasteiger partial charge in [-0.1, -0.05) is 0 Å². The Morgan fingerprint density at radius 1 is 1.45 bits per heavy atom. The fourth-order valence-electron chi connectivity index (χ4n) is 0.952. The van der Waals surface area contributed by atoms with Gasteiger partial charge in [0.2, 0.25) is 0 Å². The second-order valence-corrected chi connectivity index (χ2v) is 3.38. The number of ketones is 1. The fraction of sp³-hybridized carbons (Fsp3) is 0.667. The summed E-state index contributed by atoms with van der Waals surface area (Å²) in [6.45, 7) is 4.73. The van der Waals surface area contributed by atoms with Crippen molar-refractivity contribution in [3.05, 3.63) is 0 Å². The van der Waals surface area contributed by atoms with E-state index >= 15 is 0 Å². The van der Waals surface area contributed by atoms with Gasteiger partial charge >= 0.3 is 0 Å². The number of carbonyl (C=O) groups is 1. The van der Waals surface area contributed by atoms with Crippen LogP contribution >= 0.6 is 0 Å². The summed E-state index contributed by atoms with van der Waals surface area (Å²) in [4.78, 5) is 10.8. The van der Waals surface area contributed by atoms with Gasteiger partial charge in [-0.05, 0) is 12.8 Å². The van der Waals surface area contributed by atoms with Crippen LogP contribution in [0.25, 0.3) is 0 Å². The number of Topliss-reactive ketones (excluding diaryl/α,β-unsaturated/α-hetero) is 1. The largest absolute Gasteiger partial charge is 0.312 e. The topological polar surface area (TPSA) is 17.1 Å². The van der Waals surface area contributed by atoms with Crippen molar-refractivity contribution in [2.45, 2.75) is 13.8 Å². The number of quaternary nitrogens is 1. The summed E-state index contributed by atoms with van der Waals surface area (Å²) in [5.41, 5.74) is 0. The molecule has 0 aromatic rings. The summed E-state index contributed by atoms with van der Waals surface area (Å²) in [7, 11) is 4.01. The Kier molecular flexibility index (Phi) is 3.84. The molecule has 0 aromatic heterocycles. The minimum Gasteiger partial charge on any atom is -0.312 e. The molecule has 0 aliphatic rings. The van der Waals surface area contributed by atoms with Gasteiger partial charge in [0.25, 0.3) is 0 Å². The van der Waals surface area contributed by atoms with Crippen LogP contribution in [0.3, 0.4) is 0 Å². The van der Waals surface area contributed by atoms with Crippen LogP contribution in [0.5, 0.6) is 0 Å². The lowest BCUT2D eigenvalue weighted by Gasteiger charge is -2.25. The molecule has 0 amide bonds. The van der Waals surface area contributed by atoms with Crippen molar-refractivity contribution >= 4 is 5.78 Å². The van der Waals surface area contributed by atoms with Crippen molar-refractivity contribution in [3.63, 3.8) is 0 Å². The molecule has 11 heavy (non-hydrogen) atoms. The number of rotatable bonds is 3. The fourth-order valence-corrected chi connectivity index (χ4v) is 0.952. The first-order valence-corrected chi connectivity index (χ1v) is 3.69. The van der Waals surface area contributed by atoms with E-state index in [0.29, 0.717) is 11.0 Å². The zero-order valence-corrected chi connectivity index (χ0v) is 7.77. The van der Waals surface area contributed by atoms with Gasteiger partial charge in [-0.25, -0.2) is 0 Å². The molecular weight excluding hydrogens is 138 g/mol. The molecule has 62 valence electrons. The first kappa shape index (κ1) is 10.2. The molecule has 0 fully saturated rings. The molecule has 2 heteroatoms. The Morgan fingerprint density at radius 2 is 2.00 bits per heavy atom. The number of hydrogen-bond donors (Lipinski definition) is 0. The number of carbonyl (C=O) groups excluding carboxylic acids is 1. The smallest absolute Gasteiger partial charge is 0.183 e. The molecule has 0 rings (SSSR count). The third-order valence-corrected chi connectivity index (χ3v) is 1.33. The van der Waals surface area contributed by atoms with Gasteiger partial charge in [-0.3, -0.25) is 4.79 Å². The predicted molar refractivity (Wildman–Crippen MR) is 46.0 cm³/mol. The van der Waals surface area contributed by atoms with Gasteiger partial charge in [0.1, 0.15) is 13.1 Å². The first-order valence-electron chi connectivity index (χ1n) is 3.69. The number of nitrogens with zero attached hydrogens (tertiary/aromatic N) is 1. The Balaban J connectivity index is 3.96. The van der Waals surface area contributed by atoms with Crippen LogP contribution in [0.2, 0.25) is 0 Å². The lowest BCUT2D eigenvalue weighted by molar-refractivity contribution is -0.875. The van der Waals surface area contributed by atoms with Crippen molar-refractivity contribution in [2.75, 3.05) is 27.2 Å². The van der Waals surface area contributed by atoms with Crippen molar-refractivity contribution in [1.29, 1.82) is 0 Å². The van der Waals surface area contributed by atoms with Gasteiger partial charge < -0.3 is 4.48 Å². The molecule has 0 atom stereocenters. The minimum absolute atomic E-state index is 0.216. The maximum absolute atomic E-state index is 10.8. The van der Waals surface area contributed by atoms with Crippen LogP contribution < -0.4 is 0 Å². The summed E-state index contributed by atoms with van der Waals surface area (Å²) >= 11 is 0. The highest BCUT2D eigenvalue weighted by molar-refractivity contribution is 5.76. The highest BCUT2D eigenvalue weighted by atomic mass is 16.1. The van der Waals surface area contributed by atoms with Crippen LogP contribution in [0.1, 0.15) is 13.8 Å². The van der Waals surface area contributed by atoms with Gasteiger partial charge in [0.15, 0.2) is 5.78 Å². The SMILES string of the molecule is CC#CC[N+](C)(C)CC(C)=O. The average Bonchev–Trinajstić information content (AvgIpc) is 1.81. The van der Waals surface area contributed by atoms with Gasteiger partial charge in [-0.2, -0.15) is 0 Å². The summed E-state index contributed by atoms with van der Waals surface area (Å²) in [5, 5.41) is 0. The molecule has 0 spiro atoms. The standard InChI is InChI=1S/C9H16NO/c1-5-6-7-10(3,4)8-9(2)11/h7-8H2,1-4H3/q+1. The molecule has 0 aliphatic heterocycles. The van der Waals surface area contributed by atoms with E-state index < -0.39 is 0 Å². The summed E-state index contributed by atoms with van der Waals surface area (Å²) in [6.07, 6.45) is 0. The lowest BCUT2D eigenvalue weighted by atomic mass is 10.3. The summed E-state index contributed by atoms with van der Waals surface area (Å²) in [5.74, 6) is 6.00. The maximum Gasteiger partial charge on any atom is 0.183 e. The molecule has 0 aromatic carbocycles. The molecular formula is C9H16NO+. The molecule has 0 saturated heterocycles. The molecule has 2 nitrogen and oxygen atoms in total. The monoisotopic (exact) mass is 154 g/mol. The molecule has 0 aliphatic carbocycles. The Hall–Kier alpha value is -0.810. The summed E-state index contributed by atoms with van der Waals surface area (Å²) in [6, 6.07) is 0. The van der Waals surface area contributed by atoms with E-state index in [1.807, 2.05) is 21.0 Å². The summed E-state index contributed by atoms with van der Waals surface area (Å²) < 4.78 is 0.663. The van der Waals surface area contributed by atoms with Crippen molar-refractivity contribution < 1.29 is 9.28 Å².